The van der Waals surface area contributed by atoms with Gasteiger partial charge in [-0.2, -0.15) is 0 Å². The van der Waals surface area contributed by atoms with Gasteiger partial charge in [-0.15, -0.1) is 0 Å². The lowest BCUT2D eigenvalue weighted by molar-refractivity contribution is 0.572. The fraction of sp³-hybridized carbons (Fsp3) is 0.348. The topological polar surface area (TPSA) is 38.9 Å². The van der Waals surface area contributed by atoms with Gasteiger partial charge in [0.15, 0.2) is 0 Å². The van der Waals surface area contributed by atoms with Gasteiger partial charge < -0.3 is 4.42 Å². The lowest BCUT2D eigenvalue weighted by atomic mass is 9.78. The lowest BCUT2D eigenvalue weighted by Crippen LogP contribution is -2.17. The first kappa shape index (κ1) is 33.0. The molecule has 0 aliphatic rings. The smallest absolute Gasteiger partial charge is 0.144 e. The summed E-state index contributed by atoms with van der Waals surface area (Å²) >= 11 is 0. The van der Waals surface area contributed by atoms with Crippen molar-refractivity contribution >= 4 is 43.5 Å². The van der Waals surface area contributed by atoms with E-state index in [9.17, 15) is 0 Å². The van der Waals surface area contributed by atoms with E-state index in [-0.39, 0.29) is 21.7 Å². The van der Waals surface area contributed by atoms with E-state index in [0.717, 1.165) is 44.5 Å². The van der Waals surface area contributed by atoms with Gasteiger partial charge in [0.2, 0.25) is 0 Å². The number of hydrogen-bond donors (Lipinski definition) is 0. The van der Waals surface area contributed by atoms with Gasteiger partial charge in [-0.3, -0.25) is 9.97 Å². The Morgan fingerprint density at radius 3 is 1.16 bits per heavy atom. The number of benzene rings is 4. The molecule has 0 fully saturated rings. The molecule has 0 bridgehead atoms. The summed E-state index contributed by atoms with van der Waals surface area (Å²) in [5.74, 6) is 0. The fourth-order valence-electron chi connectivity index (χ4n) is 7.14. The summed E-state index contributed by atoms with van der Waals surface area (Å²) in [6.07, 6.45) is 4.11. The summed E-state index contributed by atoms with van der Waals surface area (Å²) < 4.78 is 6.88. The minimum atomic E-state index is -0.00270. The van der Waals surface area contributed by atoms with E-state index in [1.54, 1.807) is 0 Å². The quantitative estimate of drug-likeness (QED) is 0.188. The fourth-order valence-corrected chi connectivity index (χ4v) is 7.14. The molecule has 49 heavy (non-hydrogen) atoms. The molecule has 3 heterocycles. The predicted octanol–water partition coefficient (Wildman–Crippen LogP) is 13.2. The van der Waals surface area contributed by atoms with E-state index >= 15 is 0 Å². The van der Waals surface area contributed by atoms with Crippen LogP contribution >= 0.6 is 0 Å². The van der Waals surface area contributed by atoms with Gasteiger partial charge in [0.1, 0.15) is 11.2 Å². The maximum atomic E-state index is 6.88. The van der Waals surface area contributed by atoms with Crippen molar-refractivity contribution in [3.05, 3.63) is 107 Å². The summed E-state index contributed by atoms with van der Waals surface area (Å²) in [7, 11) is 0. The highest BCUT2D eigenvalue weighted by Crippen LogP contribution is 2.42. The minimum Gasteiger partial charge on any atom is -0.455 e. The van der Waals surface area contributed by atoms with Gasteiger partial charge in [-0.25, -0.2) is 0 Å². The van der Waals surface area contributed by atoms with E-state index in [1.165, 1.54) is 43.8 Å². The van der Waals surface area contributed by atoms with Gasteiger partial charge >= 0.3 is 0 Å². The third-order valence-corrected chi connectivity index (χ3v) is 10.1. The second-order valence-electron chi connectivity index (χ2n) is 18.1. The lowest BCUT2D eigenvalue weighted by Gasteiger charge is -2.27. The zero-order valence-corrected chi connectivity index (χ0v) is 31.4. The molecule has 0 spiro atoms. The van der Waals surface area contributed by atoms with Crippen LogP contribution < -0.4 is 0 Å². The van der Waals surface area contributed by atoms with Gasteiger partial charge in [-0.05, 0) is 79.0 Å². The van der Waals surface area contributed by atoms with Crippen molar-refractivity contribution in [2.45, 2.75) is 105 Å². The number of pyridine rings is 2. The summed E-state index contributed by atoms with van der Waals surface area (Å²) in [6.45, 7) is 27.4. The number of rotatable bonds is 2. The van der Waals surface area contributed by atoms with Crippen LogP contribution in [0.1, 0.15) is 105 Å². The van der Waals surface area contributed by atoms with Crippen LogP contribution in [0.2, 0.25) is 0 Å². The molecule has 0 aliphatic carbocycles. The molecule has 0 saturated carbocycles. The monoisotopic (exact) mass is 646 g/mol. The Labute approximate surface area is 291 Å². The van der Waals surface area contributed by atoms with Crippen LogP contribution in [0.15, 0.2) is 89.6 Å². The normalized spacial score (nSPS) is 13.3. The number of nitrogens with zero attached hydrogens (tertiary/aromatic N) is 2. The van der Waals surface area contributed by atoms with Gasteiger partial charge in [0, 0.05) is 45.1 Å². The van der Waals surface area contributed by atoms with Gasteiger partial charge in [-0.1, -0.05) is 132 Å². The first-order valence-electron chi connectivity index (χ1n) is 17.7. The second kappa shape index (κ2) is 11.0. The van der Waals surface area contributed by atoms with Crippen LogP contribution in [-0.4, -0.2) is 9.97 Å². The van der Waals surface area contributed by atoms with Crippen LogP contribution in [0.4, 0.5) is 0 Å². The van der Waals surface area contributed by atoms with Crippen LogP contribution in [0.3, 0.4) is 0 Å². The third-order valence-electron chi connectivity index (χ3n) is 10.1. The highest BCUT2D eigenvalue weighted by Gasteiger charge is 2.25. The molecule has 3 nitrogen and oxygen atoms in total. The molecule has 250 valence electrons. The number of hydrogen-bond acceptors (Lipinski definition) is 3. The molecular weight excluding hydrogens is 597 g/mol. The van der Waals surface area contributed by atoms with Crippen LogP contribution in [0.5, 0.6) is 0 Å². The van der Waals surface area contributed by atoms with Crippen molar-refractivity contribution in [3.63, 3.8) is 0 Å². The predicted molar refractivity (Wildman–Crippen MR) is 210 cm³/mol. The molecule has 0 amide bonds. The Kier molecular flexibility index (Phi) is 7.42. The minimum absolute atomic E-state index is 0.00270. The molecule has 0 saturated heterocycles. The van der Waals surface area contributed by atoms with Crippen molar-refractivity contribution in [2.75, 3.05) is 0 Å². The van der Waals surface area contributed by atoms with Crippen LogP contribution in [0, 0.1) is 0 Å². The SMILES string of the molecule is CC(C)(C)c1cc(C(C)(C)C)c2cnc(-c3cccc4c3oc3c(-c5cc6cc(C(C)(C)C)cc(C(C)(C)C)c6cn5)cccc34)cc2c1. The van der Waals surface area contributed by atoms with Crippen molar-refractivity contribution in [3.8, 4) is 22.5 Å². The summed E-state index contributed by atoms with van der Waals surface area (Å²) in [5.41, 5.74) is 10.9. The van der Waals surface area contributed by atoms with E-state index in [1.807, 2.05) is 0 Å². The maximum Gasteiger partial charge on any atom is 0.144 e. The Balaban J connectivity index is 1.42. The molecule has 3 aromatic heterocycles. The average Bonchev–Trinajstić information content (AvgIpc) is 3.40. The highest BCUT2D eigenvalue weighted by molar-refractivity contribution is 6.13. The molecule has 0 radical (unpaired) electrons. The van der Waals surface area contributed by atoms with Crippen molar-refractivity contribution in [2.24, 2.45) is 0 Å². The Morgan fingerprint density at radius 2 is 0.816 bits per heavy atom. The zero-order valence-electron chi connectivity index (χ0n) is 31.4. The first-order valence-corrected chi connectivity index (χ1v) is 17.7. The van der Waals surface area contributed by atoms with Crippen molar-refractivity contribution < 1.29 is 4.42 Å². The van der Waals surface area contributed by atoms with Crippen LogP contribution in [-0.2, 0) is 21.7 Å². The molecule has 0 aliphatic heterocycles. The summed E-state index contributed by atoms with van der Waals surface area (Å²) in [6, 6.07) is 26.7. The number of fused-ring (bicyclic) bond motifs is 5. The van der Waals surface area contributed by atoms with E-state index in [0.29, 0.717) is 0 Å². The van der Waals surface area contributed by atoms with Crippen molar-refractivity contribution in [1.82, 2.24) is 9.97 Å². The largest absolute Gasteiger partial charge is 0.455 e. The molecule has 7 aromatic rings. The molecule has 0 unspecified atom stereocenters. The molecule has 0 atom stereocenters. The Hall–Kier alpha value is -4.50. The maximum absolute atomic E-state index is 6.88. The standard InChI is InChI=1S/C46H50N2O/c1-43(2,3)29-19-27-21-39(47-25-35(27)37(23-29)45(7,8)9)33-17-13-15-31-32-16-14-18-34(42(32)49-41(31)33)40-22-28-20-30(44(4,5)6)24-38(46(10,11)12)36(28)26-48-40/h13-26H,1-12H3. The third kappa shape index (κ3) is 5.82. The molecular formula is C46H50N2O. The Morgan fingerprint density at radius 1 is 0.429 bits per heavy atom. The zero-order chi connectivity index (χ0) is 35.3. The average molecular weight is 647 g/mol. The van der Waals surface area contributed by atoms with Gasteiger partial charge in [0.25, 0.3) is 0 Å². The molecule has 4 aromatic carbocycles. The van der Waals surface area contributed by atoms with E-state index < -0.39 is 0 Å². The molecule has 7 rings (SSSR count). The number of furan rings is 1. The number of aromatic nitrogens is 2. The molecule has 3 heteroatoms. The molecule has 0 N–H and O–H groups in total. The summed E-state index contributed by atoms with van der Waals surface area (Å²) in [5, 5.41) is 6.99. The number of para-hydroxylation sites is 2. The first-order chi connectivity index (χ1) is 22.8. The van der Waals surface area contributed by atoms with E-state index in [4.69, 9.17) is 14.4 Å². The Bertz CT molecular complexity index is 2240. The van der Waals surface area contributed by atoms with E-state index in [2.05, 4.69) is 168 Å². The van der Waals surface area contributed by atoms with Crippen LogP contribution in [0.25, 0.3) is 66.0 Å². The second-order valence-corrected chi connectivity index (χ2v) is 18.1. The highest BCUT2D eigenvalue weighted by atomic mass is 16.3. The van der Waals surface area contributed by atoms with Crippen molar-refractivity contribution in [1.29, 1.82) is 0 Å². The van der Waals surface area contributed by atoms with Gasteiger partial charge in [0.05, 0.1) is 11.4 Å². The summed E-state index contributed by atoms with van der Waals surface area (Å²) in [4.78, 5) is 10.1.